The van der Waals surface area contributed by atoms with Gasteiger partial charge in [-0.15, -0.1) is 0 Å². The van der Waals surface area contributed by atoms with E-state index in [2.05, 4.69) is 0 Å². The summed E-state index contributed by atoms with van der Waals surface area (Å²) in [5.74, 6) is -1.90. The maximum Gasteiger partial charge on any atom is 0.295 e. The highest BCUT2D eigenvalue weighted by Crippen LogP contribution is 2.43. The lowest BCUT2D eigenvalue weighted by Crippen LogP contribution is -2.35. The Bertz CT molecular complexity index is 1100. The zero-order valence-corrected chi connectivity index (χ0v) is 19.2. The Labute approximate surface area is 191 Å². The number of halogens is 1. The van der Waals surface area contributed by atoms with E-state index in [1.807, 2.05) is 19.0 Å². The van der Waals surface area contributed by atoms with Crippen LogP contribution in [0.5, 0.6) is 17.2 Å². The van der Waals surface area contributed by atoms with Gasteiger partial charge in [-0.3, -0.25) is 9.59 Å². The molecule has 1 aliphatic heterocycles. The summed E-state index contributed by atoms with van der Waals surface area (Å²) in [7, 11) is 7.99. The second-order valence-electron chi connectivity index (χ2n) is 7.75. The van der Waals surface area contributed by atoms with E-state index in [-0.39, 0.29) is 23.4 Å². The molecule has 0 saturated carbocycles. The zero-order chi connectivity index (χ0) is 24.3. The molecule has 1 fully saturated rings. The van der Waals surface area contributed by atoms with Gasteiger partial charge in [-0.2, -0.15) is 0 Å². The molecule has 8 nitrogen and oxygen atoms in total. The lowest BCUT2D eigenvalue weighted by atomic mass is 9.94. The van der Waals surface area contributed by atoms with E-state index in [0.29, 0.717) is 23.6 Å². The Kier molecular flexibility index (Phi) is 7.23. The molecule has 0 aromatic heterocycles. The number of methoxy groups -OCH3 is 3. The number of likely N-dealkylation sites (tertiary alicyclic amines) is 1. The lowest BCUT2D eigenvalue weighted by Gasteiger charge is -2.27. The van der Waals surface area contributed by atoms with Crippen LogP contribution in [0, 0.1) is 5.82 Å². The number of likely N-dealkylation sites (N-methyl/N-ethyl adjacent to an activating group) is 1. The molecule has 1 amide bonds. The van der Waals surface area contributed by atoms with Crippen LogP contribution in [0.1, 0.15) is 17.2 Å². The average Bonchev–Trinajstić information content (AvgIpc) is 3.06. The number of rotatable bonds is 8. The van der Waals surface area contributed by atoms with Crippen LogP contribution in [0.25, 0.3) is 5.76 Å². The maximum absolute atomic E-state index is 14.3. The molecule has 176 valence electrons. The molecule has 1 saturated heterocycles. The standard InChI is InChI=1S/C24H27FN2O6/c1-26(2)10-11-27-21(16-8-7-15(31-3)13-19(16)33-5)20(23(29)24(27)30)22(28)14-6-9-18(32-4)17(25)12-14/h6-9,12-13,21,28H,10-11H2,1-5H3/b22-20+/t21-/m1/s1. The fraction of sp³-hybridized carbons (Fsp3) is 0.333. The van der Waals surface area contributed by atoms with Crippen LogP contribution in [0.15, 0.2) is 42.0 Å². The van der Waals surface area contributed by atoms with Gasteiger partial charge in [0.25, 0.3) is 11.7 Å². The molecule has 1 heterocycles. The zero-order valence-electron chi connectivity index (χ0n) is 19.2. The fourth-order valence-electron chi connectivity index (χ4n) is 3.76. The summed E-state index contributed by atoms with van der Waals surface area (Å²) >= 11 is 0. The van der Waals surface area contributed by atoms with E-state index in [0.717, 1.165) is 6.07 Å². The highest BCUT2D eigenvalue weighted by molar-refractivity contribution is 6.46. The smallest absolute Gasteiger partial charge is 0.295 e. The van der Waals surface area contributed by atoms with E-state index in [9.17, 15) is 19.1 Å². The summed E-state index contributed by atoms with van der Waals surface area (Å²) in [4.78, 5) is 29.3. The number of carbonyl (C=O) groups excluding carboxylic acids is 2. The highest BCUT2D eigenvalue weighted by Gasteiger charge is 2.47. The molecule has 0 aliphatic carbocycles. The molecule has 0 radical (unpaired) electrons. The first-order valence-corrected chi connectivity index (χ1v) is 10.2. The first-order chi connectivity index (χ1) is 15.7. The molecule has 0 bridgehead atoms. The van der Waals surface area contributed by atoms with Crippen LogP contribution in [0.2, 0.25) is 0 Å². The quantitative estimate of drug-likeness (QED) is 0.370. The summed E-state index contributed by atoms with van der Waals surface area (Å²) in [5, 5.41) is 11.1. The minimum atomic E-state index is -0.934. The number of hydrogen-bond acceptors (Lipinski definition) is 7. The van der Waals surface area contributed by atoms with Crippen LogP contribution >= 0.6 is 0 Å². The van der Waals surface area contributed by atoms with E-state index < -0.39 is 29.3 Å². The Morgan fingerprint density at radius 2 is 1.73 bits per heavy atom. The van der Waals surface area contributed by atoms with Gasteiger partial charge < -0.3 is 29.1 Å². The Hall–Kier alpha value is -3.59. The average molecular weight is 458 g/mol. The second kappa shape index (κ2) is 9.91. The normalized spacial score (nSPS) is 17.5. The molecule has 0 unspecified atom stereocenters. The van der Waals surface area contributed by atoms with E-state index >= 15 is 0 Å². The van der Waals surface area contributed by atoms with Crippen molar-refractivity contribution in [2.75, 3.05) is 48.5 Å². The van der Waals surface area contributed by atoms with Gasteiger partial charge in [-0.25, -0.2) is 4.39 Å². The fourth-order valence-corrected chi connectivity index (χ4v) is 3.76. The predicted octanol–water partition coefficient (Wildman–Crippen LogP) is 2.83. The van der Waals surface area contributed by atoms with Gasteiger partial charge in [0, 0.05) is 30.3 Å². The topological polar surface area (TPSA) is 88.5 Å². The Morgan fingerprint density at radius 1 is 1.03 bits per heavy atom. The van der Waals surface area contributed by atoms with E-state index in [1.165, 1.54) is 38.4 Å². The number of nitrogens with zero attached hydrogens (tertiary/aromatic N) is 2. The molecule has 1 aliphatic rings. The molecule has 33 heavy (non-hydrogen) atoms. The monoisotopic (exact) mass is 458 g/mol. The number of amides is 1. The number of aliphatic hydroxyl groups excluding tert-OH is 1. The van der Waals surface area contributed by atoms with Crippen molar-refractivity contribution in [3.63, 3.8) is 0 Å². The minimum Gasteiger partial charge on any atom is -0.507 e. The Morgan fingerprint density at radius 3 is 2.30 bits per heavy atom. The van der Waals surface area contributed by atoms with Gasteiger partial charge in [-0.05, 0) is 44.4 Å². The first kappa shape index (κ1) is 24.1. The van der Waals surface area contributed by atoms with Crippen molar-refractivity contribution in [1.82, 2.24) is 9.80 Å². The van der Waals surface area contributed by atoms with Gasteiger partial charge >= 0.3 is 0 Å². The number of benzene rings is 2. The third-order valence-corrected chi connectivity index (χ3v) is 5.49. The van der Waals surface area contributed by atoms with Crippen molar-refractivity contribution < 1.29 is 33.3 Å². The number of ether oxygens (including phenoxy) is 3. The van der Waals surface area contributed by atoms with Gasteiger partial charge in [0.1, 0.15) is 17.3 Å². The van der Waals surface area contributed by atoms with Gasteiger partial charge in [0.05, 0.1) is 32.9 Å². The third kappa shape index (κ3) is 4.63. The number of carbonyl (C=O) groups is 2. The number of aliphatic hydroxyl groups is 1. The van der Waals surface area contributed by atoms with Gasteiger partial charge in [0.15, 0.2) is 11.6 Å². The largest absolute Gasteiger partial charge is 0.507 e. The lowest BCUT2D eigenvalue weighted by molar-refractivity contribution is -0.140. The minimum absolute atomic E-state index is 0.00800. The molecular weight excluding hydrogens is 431 g/mol. The predicted molar refractivity (Wildman–Crippen MR) is 120 cm³/mol. The van der Waals surface area contributed by atoms with Crippen molar-refractivity contribution in [1.29, 1.82) is 0 Å². The first-order valence-electron chi connectivity index (χ1n) is 10.2. The van der Waals surface area contributed by atoms with E-state index in [4.69, 9.17) is 14.2 Å². The van der Waals surface area contributed by atoms with Crippen molar-refractivity contribution in [3.05, 3.63) is 58.9 Å². The third-order valence-electron chi connectivity index (χ3n) is 5.49. The molecule has 1 atom stereocenters. The van der Waals surface area contributed by atoms with Crippen LogP contribution in [0.3, 0.4) is 0 Å². The second-order valence-corrected chi connectivity index (χ2v) is 7.75. The van der Waals surface area contributed by atoms with E-state index in [1.54, 1.807) is 18.2 Å². The number of hydrogen-bond donors (Lipinski definition) is 1. The maximum atomic E-state index is 14.3. The summed E-state index contributed by atoms with van der Waals surface area (Å²) in [6.45, 7) is 0.713. The molecule has 0 spiro atoms. The highest BCUT2D eigenvalue weighted by atomic mass is 19.1. The molecular formula is C24H27FN2O6. The summed E-state index contributed by atoms with van der Waals surface area (Å²) in [5.41, 5.74) is 0.398. The van der Waals surface area contributed by atoms with Crippen LogP contribution in [0.4, 0.5) is 4.39 Å². The molecule has 2 aromatic rings. The van der Waals surface area contributed by atoms with Crippen molar-refractivity contribution in [2.24, 2.45) is 0 Å². The summed E-state index contributed by atoms with van der Waals surface area (Å²) in [6, 6.07) is 7.88. The van der Waals surface area contributed by atoms with Crippen LogP contribution in [-0.4, -0.2) is 75.1 Å². The molecule has 2 aromatic carbocycles. The van der Waals surface area contributed by atoms with Gasteiger partial charge in [-0.1, -0.05) is 0 Å². The molecule has 9 heteroatoms. The Balaban J connectivity index is 2.22. The van der Waals surface area contributed by atoms with Gasteiger partial charge in [0.2, 0.25) is 0 Å². The summed E-state index contributed by atoms with van der Waals surface area (Å²) < 4.78 is 30.0. The SMILES string of the molecule is COc1ccc([C@@H]2/C(=C(\O)c3ccc(OC)c(F)c3)C(=O)C(=O)N2CCN(C)C)c(OC)c1. The molecule has 3 rings (SSSR count). The van der Waals surface area contributed by atoms with Crippen molar-refractivity contribution in [3.8, 4) is 17.2 Å². The summed E-state index contributed by atoms with van der Waals surface area (Å²) in [6.07, 6.45) is 0. The molecule has 1 N–H and O–H groups in total. The van der Waals surface area contributed by atoms with Crippen molar-refractivity contribution >= 4 is 17.4 Å². The van der Waals surface area contributed by atoms with Crippen LogP contribution in [-0.2, 0) is 9.59 Å². The van der Waals surface area contributed by atoms with Crippen molar-refractivity contribution in [2.45, 2.75) is 6.04 Å². The number of Topliss-reactive ketones (excluding diaryl/α,β-unsaturated/α-hetero) is 1. The van der Waals surface area contributed by atoms with Crippen LogP contribution < -0.4 is 14.2 Å². The number of ketones is 1.